The van der Waals surface area contributed by atoms with Gasteiger partial charge in [-0.2, -0.15) is 4.31 Å². The van der Waals surface area contributed by atoms with Crippen LogP contribution in [0, 0.1) is 0 Å². The van der Waals surface area contributed by atoms with Crippen molar-refractivity contribution < 1.29 is 13.2 Å². The van der Waals surface area contributed by atoms with Crippen LogP contribution in [-0.2, 0) is 21.4 Å². The van der Waals surface area contributed by atoms with Gasteiger partial charge in [0.15, 0.2) is 0 Å². The van der Waals surface area contributed by atoms with E-state index in [1.807, 2.05) is 31.2 Å². The Morgan fingerprint density at radius 2 is 1.61 bits per heavy atom. The van der Waals surface area contributed by atoms with E-state index in [9.17, 15) is 13.2 Å². The van der Waals surface area contributed by atoms with Gasteiger partial charge in [-0.25, -0.2) is 8.42 Å². The molecule has 1 amide bonds. The van der Waals surface area contributed by atoms with Crippen LogP contribution >= 0.6 is 50.7 Å². The van der Waals surface area contributed by atoms with Gasteiger partial charge in [-0.1, -0.05) is 68.9 Å². The van der Waals surface area contributed by atoms with Gasteiger partial charge >= 0.3 is 0 Å². The summed E-state index contributed by atoms with van der Waals surface area (Å²) >= 11 is 21.9. The fourth-order valence-electron chi connectivity index (χ4n) is 3.15. The summed E-state index contributed by atoms with van der Waals surface area (Å²) in [6.07, 6.45) is 0. The molecule has 174 valence electrons. The number of amides is 1. The summed E-state index contributed by atoms with van der Waals surface area (Å²) in [5.74, 6) is -0.469. The van der Waals surface area contributed by atoms with Crippen LogP contribution in [0.5, 0.6) is 0 Å². The fourth-order valence-corrected chi connectivity index (χ4v) is 5.57. The maximum Gasteiger partial charge on any atom is 0.243 e. The van der Waals surface area contributed by atoms with Crippen LogP contribution in [0.25, 0.3) is 0 Å². The summed E-state index contributed by atoms with van der Waals surface area (Å²) < 4.78 is 28.8. The van der Waals surface area contributed by atoms with Crippen molar-refractivity contribution in [1.82, 2.24) is 9.62 Å². The van der Waals surface area contributed by atoms with Crippen molar-refractivity contribution >= 4 is 66.7 Å². The summed E-state index contributed by atoms with van der Waals surface area (Å²) in [6.45, 7) is 1.22. The lowest BCUT2D eigenvalue weighted by Crippen LogP contribution is -2.41. The average molecular weight is 591 g/mol. The van der Waals surface area contributed by atoms with E-state index in [0.717, 1.165) is 14.3 Å². The van der Waals surface area contributed by atoms with Gasteiger partial charge < -0.3 is 5.32 Å². The lowest BCUT2D eigenvalue weighted by Gasteiger charge is -2.24. The number of nitrogens with zero attached hydrogens (tertiary/aromatic N) is 1. The molecule has 0 saturated carbocycles. The lowest BCUT2D eigenvalue weighted by atomic mass is 10.1. The largest absolute Gasteiger partial charge is 0.348 e. The summed E-state index contributed by atoms with van der Waals surface area (Å²) in [7, 11) is -4.06. The third-order valence-corrected chi connectivity index (χ3v) is 8.15. The summed E-state index contributed by atoms with van der Waals surface area (Å²) in [6, 6.07) is 17.8. The van der Waals surface area contributed by atoms with E-state index >= 15 is 0 Å². The van der Waals surface area contributed by atoms with E-state index in [4.69, 9.17) is 34.8 Å². The Morgan fingerprint density at radius 3 is 2.21 bits per heavy atom. The molecule has 1 atom stereocenters. The molecule has 3 aromatic rings. The number of nitrogens with one attached hydrogen (secondary N) is 1. The zero-order valence-electron chi connectivity index (χ0n) is 17.4. The summed E-state index contributed by atoms with van der Waals surface area (Å²) in [4.78, 5) is 12.9. The van der Waals surface area contributed by atoms with Crippen LogP contribution in [0.2, 0.25) is 15.1 Å². The monoisotopic (exact) mass is 588 g/mol. The number of carbonyl (C=O) groups is 1. The fraction of sp³-hybridized carbons (Fsp3) is 0.174. The van der Waals surface area contributed by atoms with Gasteiger partial charge in [0.1, 0.15) is 0 Å². The van der Waals surface area contributed by atoms with Crippen LogP contribution in [0.1, 0.15) is 24.1 Å². The standard InChI is InChI=1S/C23H20BrCl3N2O3S/c1-15(16-4-2-5-17(24)12-16)28-23(30)14-29(13-20-21(26)6-3-7-22(20)27)33(31,32)19-10-8-18(25)9-11-19/h2-12,15H,13-14H2,1H3,(H,28,30)/t15-/m1/s1. The van der Waals surface area contributed by atoms with Gasteiger partial charge in [-0.05, 0) is 61.0 Å². The Morgan fingerprint density at radius 1 is 1.00 bits per heavy atom. The van der Waals surface area contributed by atoms with Gasteiger partial charge in [-0.15, -0.1) is 0 Å². The number of sulfonamides is 1. The maximum atomic E-state index is 13.4. The molecule has 0 radical (unpaired) electrons. The first kappa shape index (κ1) is 26.0. The highest BCUT2D eigenvalue weighted by Crippen LogP contribution is 2.28. The van der Waals surface area contributed by atoms with E-state index in [0.29, 0.717) is 20.6 Å². The Labute approximate surface area is 216 Å². The third-order valence-electron chi connectivity index (χ3n) is 4.89. The molecule has 3 aromatic carbocycles. The maximum absolute atomic E-state index is 13.4. The molecule has 0 fully saturated rings. The van der Waals surface area contributed by atoms with E-state index in [1.165, 1.54) is 24.3 Å². The predicted molar refractivity (Wildman–Crippen MR) is 136 cm³/mol. The Bertz CT molecular complexity index is 1230. The zero-order valence-corrected chi connectivity index (χ0v) is 22.1. The van der Waals surface area contributed by atoms with Crippen LogP contribution in [0.4, 0.5) is 0 Å². The van der Waals surface area contributed by atoms with Crippen molar-refractivity contribution in [2.75, 3.05) is 6.54 Å². The number of carbonyl (C=O) groups excluding carboxylic acids is 1. The van der Waals surface area contributed by atoms with Gasteiger partial charge in [-0.3, -0.25) is 4.79 Å². The quantitative estimate of drug-likeness (QED) is 0.327. The van der Waals surface area contributed by atoms with Crippen LogP contribution < -0.4 is 5.32 Å². The number of hydrogen-bond acceptors (Lipinski definition) is 3. The smallest absolute Gasteiger partial charge is 0.243 e. The Balaban J connectivity index is 1.89. The van der Waals surface area contributed by atoms with Crippen molar-refractivity contribution in [3.8, 4) is 0 Å². The topological polar surface area (TPSA) is 66.5 Å². The molecular formula is C23H20BrCl3N2O3S. The van der Waals surface area contributed by atoms with Crippen molar-refractivity contribution in [1.29, 1.82) is 0 Å². The van der Waals surface area contributed by atoms with E-state index < -0.39 is 22.5 Å². The van der Waals surface area contributed by atoms with Crippen molar-refractivity contribution in [3.05, 3.63) is 97.4 Å². The van der Waals surface area contributed by atoms with Gasteiger partial charge in [0, 0.05) is 31.6 Å². The molecule has 5 nitrogen and oxygen atoms in total. The molecule has 0 aliphatic carbocycles. The van der Waals surface area contributed by atoms with Gasteiger partial charge in [0.05, 0.1) is 17.5 Å². The van der Waals surface area contributed by atoms with Gasteiger partial charge in [0.2, 0.25) is 15.9 Å². The van der Waals surface area contributed by atoms with Crippen molar-refractivity contribution in [3.63, 3.8) is 0 Å². The zero-order chi connectivity index (χ0) is 24.2. The van der Waals surface area contributed by atoms with Crippen molar-refractivity contribution in [2.45, 2.75) is 24.4 Å². The summed E-state index contributed by atoms with van der Waals surface area (Å²) in [5, 5.41) is 3.86. The molecule has 0 aliphatic rings. The van der Waals surface area contributed by atoms with Crippen LogP contribution in [0.15, 0.2) is 76.1 Å². The first-order chi connectivity index (χ1) is 15.6. The first-order valence-electron chi connectivity index (χ1n) is 9.81. The molecule has 0 aliphatic heterocycles. The minimum absolute atomic E-state index is 0.00270. The molecule has 10 heteroatoms. The Kier molecular flexibility index (Phi) is 8.83. The second-order valence-electron chi connectivity index (χ2n) is 7.27. The normalized spacial score (nSPS) is 12.5. The molecule has 0 saturated heterocycles. The van der Waals surface area contributed by atoms with E-state index in [2.05, 4.69) is 21.2 Å². The number of hydrogen-bond donors (Lipinski definition) is 1. The average Bonchev–Trinajstić information content (AvgIpc) is 2.75. The Hall–Kier alpha value is -1.61. The highest BCUT2D eigenvalue weighted by atomic mass is 79.9. The molecule has 0 bridgehead atoms. The number of rotatable bonds is 8. The first-order valence-corrected chi connectivity index (χ1v) is 13.2. The van der Waals surface area contributed by atoms with Crippen LogP contribution in [-0.4, -0.2) is 25.2 Å². The number of benzene rings is 3. The van der Waals surface area contributed by atoms with Gasteiger partial charge in [0.25, 0.3) is 0 Å². The van der Waals surface area contributed by atoms with E-state index in [-0.39, 0.29) is 17.5 Å². The highest BCUT2D eigenvalue weighted by Gasteiger charge is 2.29. The minimum Gasteiger partial charge on any atom is -0.348 e. The molecule has 0 spiro atoms. The number of halogens is 4. The second-order valence-corrected chi connectivity index (χ2v) is 11.4. The molecule has 3 rings (SSSR count). The summed E-state index contributed by atoms with van der Waals surface area (Å²) in [5.41, 5.74) is 1.28. The lowest BCUT2D eigenvalue weighted by molar-refractivity contribution is -0.122. The van der Waals surface area contributed by atoms with E-state index in [1.54, 1.807) is 18.2 Å². The molecule has 0 unspecified atom stereocenters. The molecule has 33 heavy (non-hydrogen) atoms. The molecule has 1 N–H and O–H groups in total. The SMILES string of the molecule is C[C@@H](NC(=O)CN(Cc1c(Cl)cccc1Cl)S(=O)(=O)c1ccc(Cl)cc1)c1cccc(Br)c1. The molecule has 0 heterocycles. The highest BCUT2D eigenvalue weighted by molar-refractivity contribution is 9.10. The predicted octanol–water partition coefficient (Wildman–Crippen LogP) is 6.48. The minimum atomic E-state index is -4.06. The van der Waals surface area contributed by atoms with Crippen LogP contribution in [0.3, 0.4) is 0 Å². The molecular weight excluding hydrogens is 571 g/mol. The van der Waals surface area contributed by atoms with Crippen molar-refractivity contribution in [2.24, 2.45) is 0 Å². The molecule has 0 aromatic heterocycles. The third kappa shape index (κ3) is 6.72. The second kappa shape index (κ2) is 11.2.